The Morgan fingerprint density at radius 3 is 2.64 bits per heavy atom. The third-order valence-corrected chi connectivity index (χ3v) is 7.77. The van der Waals surface area contributed by atoms with Crippen LogP contribution in [0.2, 0.25) is 0 Å². The maximum Gasteiger partial charge on any atom is 0.245 e. The Kier molecular flexibility index (Phi) is 9.24. The number of benzene rings is 1. The van der Waals surface area contributed by atoms with Crippen LogP contribution in [0.1, 0.15) is 75.4 Å². The Morgan fingerprint density at radius 2 is 1.93 bits per heavy atom. The van der Waals surface area contributed by atoms with Gasteiger partial charge in [0.1, 0.15) is 17.3 Å². The lowest BCUT2D eigenvalue weighted by Gasteiger charge is -2.23. The summed E-state index contributed by atoms with van der Waals surface area (Å²) in [7, 11) is 0. The largest absolute Gasteiger partial charge is 0.494 e. The average Bonchev–Trinajstić information content (AvgIpc) is 3.56. The Morgan fingerprint density at radius 1 is 1.12 bits per heavy atom. The summed E-state index contributed by atoms with van der Waals surface area (Å²) in [6.45, 7) is 11.1. The molecule has 1 atom stereocenters. The standard InChI is InChI=1S/C31H43N9O2/c1-19(2)27(40-22(5)17-21(4)39-40)30(41)32-14-9-15-42-24-12-13-25(20(3)16-24)36-31-37-28-26(33-18-34-28)29(38-31)35-23-10-7-6-8-11-23/h12-13,16-19,23,27H,6-11,14-15H2,1-5H3,(H,32,41)(H3,33,34,35,36,37,38). The number of nitrogens with one attached hydrogen (secondary N) is 4. The minimum absolute atomic E-state index is 0.0184. The first kappa shape index (κ1) is 29.3. The number of fused-ring (bicyclic) bond motifs is 1. The number of rotatable bonds is 12. The Balaban J connectivity index is 1.14. The lowest BCUT2D eigenvalue weighted by atomic mass is 9.95. The molecule has 3 aromatic heterocycles. The molecule has 1 unspecified atom stereocenters. The van der Waals surface area contributed by atoms with Gasteiger partial charge in [0.05, 0.1) is 18.6 Å². The zero-order valence-electron chi connectivity index (χ0n) is 25.3. The van der Waals surface area contributed by atoms with E-state index in [1.165, 1.54) is 19.3 Å². The van der Waals surface area contributed by atoms with Crippen molar-refractivity contribution in [3.63, 3.8) is 0 Å². The van der Waals surface area contributed by atoms with Crippen LogP contribution in [-0.2, 0) is 4.79 Å². The number of aromatic nitrogens is 6. The highest BCUT2D eigenvalue weighted by atomic mass is 16.5. The Bertz CT molecular complexity index is 1500. The summed E-state index contributed by atoms with van der Waals surface area (Å²) < 4.78 is 7.82. The van der Waals surface area contributed by atoms with Gasteiger partial charge in [-0.25, -0.2) is 4.98 Å². The summed E-state index contributed by atoms with van der Waals surface area (Å²) in [6, 6.07) is 7.98. The minimum Gasteiger partial charge on any atom is -0.494 e. The number of imidazole rings is 1. The van der Waals surface area contributed by atoms with E-state index in [4.69, 9.17) is 9.72 Å². The monoisotopic (exact) mass is 573 g/mol. The van der Waals surface area contributed by atoms with Gasteiger partial charge in [-0.15, -0.1) is 0 Å². The molecule has 1 aliphatic carbocycles. The molecule has 1 aliphatic rings. The van der Waals surface area contributed by atoms with E-state index in [0.717, 1.165) is 52.6 Å². The molecule has 0 aliphatic heterocycles. The van der Waals surface area contributed by atoms with Gasteiger partial charge in [-0.05, 0) is 75.8 Å². The fraction of sp³-hybridized carbons (Fsp3) is 0.516. The molecule has 0 bridgehead atoms. The van der Waals surface area contributed by atoms with Crippen molar-refractivity contribution < 1.29 is 9.53 Å². The lowest BCUT2D eigenvalue weighted by Crippen LogP contribution is -2.37. The van der Waals surface area contributed by atoms with Gasteiger partial charge in [-0.1, -0.05) is 33.1 Å². The summed E-state index contributed by atoms with van der Waals surface area (Å²) in [5.74, 6) is 2.15. The second-order valence-electron chi connectivity index (χ2n) is 11.6. The molecule has 11 heteroatoms. The number of aryl methyl sites for hydroxylation is 3. The second-order valence-corrected chi connectivity index (χ2v) is 11.6. The zero-order valence-corrected chi connectivity index (χ0v) is 25.3. The van der Waals surface area contributed by atoms with Crippen LogP contribution in [0.25, 0.3) is 11.2 Å². The van der Waals surface area contributed by atoms with Crippen molar-refractivity contribution in [2.45, 2.75) is 85.2 Å². The van der Waals surface area contributed by atoms with Crippen molar-refractivity contribution in [1.82, 2.24) is 35.0 Å². The molecule has 1 saturated carbocycles. The summed E-state index contributed by atoms with van der Waals surface area (Å²) >= 11 is 0. The number of aromatic amines is 1. The van der Waals surface area contributed by atoms with E-state index in [0.29, 0.717) is 37.2 Å². The molecular formula is C31H43N9O2. The van der Waals surface area contributed by atoms with Crippen molar-refractivity contribution in [1.29, 1.82) is 0 Å². The molecule has 5 rings (SSSR count). The van der Waals surface area contributed by atoms with E-state index in [9.17, 15) is 4.79 Å². The molecule has 0 saturated heterocycles. The normalized spacial score (nSPS) is 14.7. The molecular weight excluding hydrogens is 530 g/mol. The number of hydrogen-bond donors (Lipinski definition) is 4. The quantitative estimate of drug-likeness (QED) is 0.158. The van der Waals surface area contributed by atoms with Crippen molar-refractivity contribution >= 4 is 34.5 Å². The average molecular weight is 574 g/mol. The van der Waals surface area contributed by atoms with Gasteiger partial charge in [0, 0.05) is 24.0 Å². The maximum absolute atomic E-state index is 13.0. The van der Waals surface area contributed by atoms with E-state index in [1.54, 1.807) is 6.33 Å². The smallest absolute Gasteiger partial charge is 0.245 e. The number of carbonyl (C=O) groups is 1. The van der Waals surface area contributed by atoms with Crippen molar-refractivity contribution in [3.8, 4) is 5.75 Å². The van der Waals surface area contributed by atoms with E-state index in [2.05, 4.69) is 36.0 Å². The van der Waals surface area contributed by atoms with E-state index >= 15 is 0 Å². The number of hydrogen-bond acceptors (Lipinski definition) is 8. The zero-order chi connectivity index (χ0) is 29.6. The number of nitrogens with zero attached hydrogens (tertiary/aromatic N) is 5. The molecule has 42 heavy (non-hydrogen) atoms. The minimum atomic E-state index is -0.334. The number of H-pyrrole nitrogens is 1. The molecule has 11 nitrogen and oxygen atoms in total. The fourth-order valence-electron chi connectivity index (χ4n) is 5.62. The summed E-state index contributed by atoms with van der Waals surface area (Å²) in [6.07, 6.45) is 8.42. The second kappa shape index (κ2) is 13.2. The SMILES string of the molecule is Cc1cc(C)n(C(C(=O)NCCCOc2ccc(Nc3nc(NC4CCCCC4)c4nc[nH]c4n3)c(C)c2)C(C)C)n1. The topological polar surface area (TPSA) is 135 Å². The van der Waals surface area contributed by atoms with Crippen LogP contribution in [0, 0.1) is 26.7 Å². The van der Waals surface area contributed by atoms with E-state index in [-0.39, 0.29) is 17.9 Å². The van der Waals surface area contributed by atoms with Crippen molar-refractivity contribution in [2.24, 2.45) is 5.92 Å². The van der Waals surface area contributed by atoms with Crippen LogP contribution in [0.4, 0.5) is 17.5 Å². The predicted molar refractivity (Wildman–Crippen MR) is 165 cm³/mol. The molecule has 1 amide bonds. The molecule has 0 radical (unpaired) electrons. The Hall–Kier alpha value is -4.15. The number of ether oxygens (including phenoxy) is 1. The van der Waals surface area contributed by atoms with Gasteiger partial charge in [-0.2, -0.15) is 15.1 Å². The fourth-order valence-corrected chi connectivity index (χ4v) is 5.62. The molecule has 4 N–H and O–H groups in total. The molecule has 3 heterocycles. The first-order valence-electron chi connectivity index (χ1n) is 15.1. The lowest BCUT2D eigenvalue weighted by molar-refractivity contribution is -0.125. The Labute approximate surface area is 247 Å². The van der Waals surface area contributed by atoms with Gasteiger partial charge in [0.25, 0.3) is 0 Å². The molecule has 0 spiro atoms. The maximum atomic E-state index is 13.0. The van der Waals surface area contributed by atoms with Gasteiger partial charge in [0.15, 0.2) is 11.5 Å². The van der Waals surface area contributed by atoms with Gasteiger partial charge in [0.2, 0.25) is 11.9 Å². The predicted octanol–water partition coefficient (Wildman–Crippen LogP) is 5.75. The third kappa shape index (κ3) is 7.00. The number of carbonyl (C=O) groups excluding carboxylic acids is 1. The van der Waals surface area contributed by atoms with Gasteiger partial charge < -0.3 is 25.7 Å². The highest BCUT2D eigenvalue weighted by Crippen LogP contribution is 2.28. The van der Waals surface area contributed by atoms with E-state index in [1.807, 2.05) is 63.6 Å². The molecule has 1 aromatic carbocycles. The number of anilines is 3. The van der Waals surface area contributed by atoms with Crippen LogP contribution in [0.15, 0.2) is 30.6 Å². The van der Waals surface area contributed by atoms with Gasteiger partial charge >= 0.3 is 0 Å². The van der Waals surface area contributed by atoms with Crippen LogP contribution in [-0.4, -0.2) is 54.8 Å². The third-order valence-electron chi connectivity index (χ3n) is 7.77. The molecule has 1 fully saturated rings. The van der Waals surface area contributed by atoms with Crippen molar-refractivity contribution in [2.75, 3.05) is 23.8 Å². The van der Waals surface area contributed by atoms with Crippen LogP contribution in [0.3, 0.4) is 0 Å². The molecule has 4 aromatic rings. The first-order chi connectivity index (χ1) is 20.3. The molecule has 224 valence electrons. The van der Waals surface area contributed by atoms with Crippen molar-refractivity contribution in [3.05, 3.63) is 47.5 Å². The summed E-state index contributed by atoms with van der Waals surface area (Å²) in [5, 5.41) is 14.6. The first-order valence-corrected chi connectivity index (χ1v) is 15.1. The highest BCUT2D eigenvalue weighted by Gasteiger charge is 2.26. The van der Waals surface area contributed by atoms with Crippen LogP contribution < -0.4 is 20.7 Å². The van der Waals surface area contributed by atoms with Crippen LogP contribution in [0.5, 0.6) is 5.75 Å². The van der Waals surface area contributed by atoms with Gasteiger partial charge in [-0.3, -0.25) is 9.48 Å². The summed E-state index contributed by atoms with van der Waals surface area (Å²) in [5.41, 5.74) is 5.28. The van der Waals surface area contributed by atoms with E-state index < -0.39 is 0 Å². The highest BCUT2D eigenvalue weighted by molar-refractivity contribution is 5.84. The summed E-state index contributed by atoms with van der Waals surface area (Å²) in [4.78, 5) is 29.9. The van der Waals surface area contributed by atoms with Crippen LogP contribution >= 0.6 is 0 Å². The number of amides is 1.